The van der Waals surface area contributed by atoms with Crippen molar-refractivity contribution in [1.82, 2.24) is 4.90 Å². The monoisotopic (exact) mass is 367 g/mol. The van der Waals surface area contributed by atoms with Crippen LogP contribution in [0.5, 0.6) is 0 Å². The molecule has 1 rings (SSSR count). The molecule has 1 fully saturated rings. The molecule has 0 saturated carbocycles. The molecule has 0 aliphatic carbocycles. The molecule has 4 heteroatoms. The van der Waals surface area contributed by atoms with E-state index in [4.69, 9.17) is 5.73 Å². The largest absolute Gasteiger partial charge is 0.370 e. The molecule has 0 aromatic carbocycles. The van der Waals surface area contributed by atoms with Crippen LogP contribution in [-0.4, -0.2) is 30.5 Å². The number of piperidine rings is 1. The van der Waals surface area contributed by atoms with Crippen molar-refractivity contribution in [2.24, 2.45) is 16.1 Å². The third-order valence-corrected chi connectivity index (χ3v) is 3.29. The summed E-state index contributed by atoms with van der Waals surface area (Å²) in [5.74, 6) is 0.764. The number of hydrogen-bond acceptors (Lipinski definition) is 1. The number of likely N-dealkylation sites (tertiary alicyclic amines) is 1. The summed E-state index contributed by atoms with van der Waals surface area (Å²) in [7, 11) is 0. The third kappa shape index (κ3) is 8.16. The minimum atomic E-state index is 0. The Balaban J connectivity index is 0.00000289. The molecule has 1 heterocycles. The number of unbranched alkanes of at least 4 members (excludes halogenated alkanes) is 1. The molecule has 3 nitrogen and oxygen atoms in total. The van der Waals surface area contributed by atoms with Gasteiger partial charge < -0.3 is 10.6 Å². The van der Waals surface area contributed by atoms with Crippen LogP contribution in [0, 0.1) is 5.41 Å². The first-order chi connectivity index (χ1) is 7.99. The van der Waals surface area contributed by atoms with Crippen molar-refractivity contribution in [3.63, 3.8) is 0 Å². The standard InChI is InChI=1S/C14H29N3.HI/c1-14(2,3)9-5-6-10-16-13(15)17-11-7-4-8-12-17;/h4-12H2,1-3H3,(H2,15,16);1H. The van der Waals surface area contributed by atoms with Gasteiger partial charge in [-0.1, -0.05) is 27.2 Å². The van der Waals surface area contributed by atoms with Crippen LogP contribution in [0.15, 0.2) is 4.99 Å². The Morgan fingerprint density at radius 2 is 1.72 bits per heavy atom. The minimum Gasteiger partial charge on any atom is -0.370 e. The Kier molecular flexibility index (Phi) is 8.99. The maximum atomic E-state index is 5.99. The molecule has 0 bridgehead atoms. The number of rotatable bonds is 4. The molecule has 0 aromatic heterocycles. The van der Waals surface area contributed by atoms with Crippen molar-refractivity contribution in [3.05, 3.63) is 0 Å². The third-order valence-electron chi connectivity index (χ3n) is 3.29. The van der Waals surface area contributed by atoms with Gasteiger partial charge >= 0.3 is 0 Å². The second-order valence-electron chi connectivity index (χ2n) is 6.31. The van der Waals surface area contributed by atoms with Gasteiger partial charge in [0, 0.05) is 19.6 Å². The van der Waals surface area contributed by atoms with Gasteiger partial charge in [0.2, 0.25) is 0 Å². The van der Waals surface area contributed by atoms with E-state index in [0.717, 1.165) is 32.0 Å². The Morgan fingerprint density at radius 1 is 1.11 bits per heavy atom. The van der Waals surface area contributed by atoms with Gasteiger partial charge in [-0.25, -0.2) is 0 Å². The summed E-state index contributed by atoms with van der Waals surface area (Å²) in [6, 6.07) is 0. The van der Waals surface area contributed by atoms with Gasteiger partial charge in [0.15, 0.2) is 5.96 Å². The lowest BCUT2D eigenvalue weighted by atomic mass is 9.90. The summed E-state index contributed by atoms with van der Waals surface area (Å²) in [6.07, 6.45) is 7.55. The first-order valence-electron chi connectivity index (χ1n) is 7.04. The van der Waals surface area contributed by atoms with E-state index in [9.17, 15) is 0 Å². The highest BCUT2D eigenvalue weighted by Gasteiger charge is 2.11. The van der Waals surface area contributed by atoms with E-state index >= 15 is 0 Å². The molecule has 2 N–H and O–H groups in total. The Hall–Kier alpha value is 0. The van der Waals surface area contributed by atoms with Gasteiger partial charge in [-0.3, -0.25) is 4.99 Å². The van der Waals surface area contributed by atoms with Gasteiger partial charge in [0.25, 0.3) is 0 Å². The maximum absolute atomic E-state index is 5.99. The maximum Gasteiger partial charge on any atom is 0.191 e. The number of aliphatic imine (C=N–C) groups is 1. The number of guanidine groups is 1. The summed E-state index contributed by atoms with van der Waals surface area (Å²) in [4.78, 5) is 6.72. The molecule has 1 saturated heterocycles. The van der Waals surface area contributed by atoms with Crippen LogP contribution in [0.25, 0.3) is 0 Å². The second-order valence-corrected chi connectivity index (χ2v) is 6.31. The van der Waals surface area contributed by atoms with E-state index in [1.807, 2.05) is 0 Å². The Morgan fingerprint density at radius 3 is 2.28 bits per heavy atom. The van der Waals surface area contributed by atoms with Crippen LogP contribution < -0.4 is 5.73 Å². The fourth-order valence-electron chi connectivity index (χ4n) is 2.18. The summed E-state index contributed by atoms with van der Waals surface area (Å²) in [5, 5.41) is 0. The van der Waals surface area contributed by atoms with E-state index in [1.54, 1.807) is 0 Å². The molecular formula is C14H30IN3. The lowest BCUT2D eigenvalue weighted by molar-refractivity contribution is 0.337. The van der Waals surface area contributed by atoms with Crippen LogP contribution in [0.1, 0.15) is 59.3 Å². The zero-order valence-corrected chi connectivity index (χ0v) is 14.6. The molecule has 18 heavy (non-hydrogen) atoms. The van der Waals surface area contributed by atoms with Crippen molar-refractivity contribution in [3.8, 4) is 0 Å². The molecule has 0 spiro atoms. The molecule has 0 amide bonds. The predicted octanol–water partition coefficient (Wildman–Crippen LogP) is 3.62. The second kappa shape index (κ2) is 8.99. The first-order valence-corrected chi connectivity index (χ1v) is 7.04. The van der Waals surface area contributed by atoms with Gasteiger partial charge in [-0.05, 0) is 37.5 Å². The highest BCUT2D eigenvalue weighted by atomic mass is 127. The van der Waals surface area contributed by atoms with Gasteiger partial charge in [0.05, 0.1) is 0 Å². The van der Waals surface area contributed by atoms with Crippen LogP contribution >= 0.6 is 24.0 Å². The Bertz CT molecular complexity index is 240. The molecule has 1 aliphatic rings. The van der Waals surface area contributed by atoms with Crippen LogP contribution in [0.2, 0.25) is 0 Å². The smallest absolute Gasteiger partial charge is 0.191 e. The quantitative estimate of drug-likeness (QED) is 0.357. The molecular weight excluding hydrogens is 337 g/mol. The zero-order valence-electron chi connectivity index (χ0n) is 12.2. The summed E-state index contributed by atoms with van der Waals surface area (Å²) in [6.45, 7) is 9.95. The van der Waals surface area contributed by atoms with Crippen LogP contribution in [-0.2, 0) is 0 Å². The van der Waals surface area contributed by atoms with Crippen molar-refractivity contribution in [2.75, 3.05) is 19.6 Å². The van der Waals surface area contributed by atoms with E-state index < -0.39 is 0 Å². The average molecular weight is 367 g/mol. The fraction of sp³-hybridized carbons (Fsp3) is 0.929. The van der Waals surface area contributed by atoms with E-state index in [2.05, 4.69) is 30.7 Å². The zero-order chi connectivity index (χ0) is 12.7. The average Bonchev–Trinajstić information content (AvgIpc) is 2.28. The molecule has 1 aliphatic heterocycles. The highest BCUT2D eigenvalue weighted by molar-refractivity contribution is 14.0. The van der Waals surface area contributed by atoms with E-state index in [0.29, 0.717) is 5.41 Å². The van der Waals surface area contributed by atoms with Crippen LogP contribution in [0.4, 0.5) is 0 Å². The molecule has 0 unspecified atom stereocenters. The molecule has 0 radical (unpaired) electrons. The van der Waals surface area contributed by atoms with Gasteiger partial charge in [0.1, 0.15) is 0 Å². The molecule has 0 aromatic rings. The number of nitrogens with two attached hydrogens (primary N) is 1. The molecule has 108 valence electrons. The number of hydrogen-bond donors (Lipinski definition) is 1. The Labute approximate surface area is 130 Å². The number of nitrogens with zero attached hydrogens (tertiary/aromatic N) is 2. The minimum absolute atomic E-state index is 0. The lowest BCUT2D eigenvalue weighted by Crippen LogP contribution is -2.40. The first kappa shape index (κ1) is 18.0. The summed E-state index contributed by atoms with van der Waals surface area (Å²) >= 11 is 0. The van der Waals surface area contributed by atoms with Gasteiger partial charge in [-0.2, -0.15) is 0 Å². The predicted molar refractivity (Wildman–Crippen MR) is 90.6 cm³/mol. The van der Waals surface area contributed by atoms with Gasteiger partial charge in [-0.15, -0.1) is 24.0 Å². The SMILES string of the molecule is CC(C)(C)CCCCN=C(N)N1CCCCC1.I. The summed E-state index contributed by atoms with van der Waals surface area (Å²) < 4.78 is 0. The van der Waals surface area contributed by atoms with Crippen molar-refractivity contribution < 1.29 is 0 Å². The van der Waals surface area contributed by atoms with E-state index in [1.165, 1.54) is 32.1 Å². The molecule has 0 atom stereocenters. The van der Waals surface area contributed by atoms with Crippen molar-refractivity contribution in [1.29, 1.82) is 0 Å². The van der Waals surface area contributed by atoms with Crippen LogP contribution in [0.3, 0.4) is 0 Å². The highest BCUT2D eigenvalue weighted by Crippen LogP contribution is 2.21. The van der Waals surface area contributed by atoms with Crippen molar-refractivity contribution >= 4 is 29.9 Å². The summed E-state index contributed by atoms with van der Waals surface area (Å²) in [5.41, 5.74) is 6.44. The lowest BCUT2D eigenvalue weighted by Gasteiger charge is -2.27. The number of halogens is 1. The van der Waals surface area contributed by atoms with Crippen molar-refractivity contribution in [2.45, 2.75) is 59.3 Å². The topological polar surface area (TPSA) is 41.6 Å². The fourth-order valence-corrected chi connectivity index (χ4v) is 2.18. The van der Waals surface area contributed by atoms with E-state index in [-0.39, 0.29) is 24.0 Å². The normalized spacial score (nSPS) is 17.5.